The maximum Gasteiger partial charge on any atom is 0.0597 e. The van der Waals surface area contributed by atoms with Crippen LogP contribution in [0, 0.1) is 6.92 Å². The number of aryl methyl sites for hydroxylation is 2. The molecule has 0 bridgehead atoms. The topological polar surface area (TPSA) is 33.1 Å². The SMILES string of the molecule is CCn1nc(C)cc1CN1CC2(CCCC2)NCC1(C)C. The van der Waals surface area contributed by atoms with Gasteiger partial charge in [0.2, 0.25) is 0 Å². The van der Waals surface area contributed by atoms with Crippen molar-refractivity contribution >= 4 is 0 Å². The van der Waals surface area contributed by atoms with Crippen LogP contribution in [0.3, 0.4) is 0 Å². The van der Waals surface area contributed by atoms with Crippen LogP contribution in [0.25, 0.3) is 0 Å². The lowest BCUT2D eigenvalue weighted by molar-refractivity contribution is 0.0198. The van der Waals surface area contributed by atoms with E-state index in [2.05, 4.69) is 53.8 Å². The summed E-state index contributed by atoms with van der Waals surface area (Å²) in [4.78, 5) is 2.68. The molecule has 0 radical (unpaired) electrons. The third-order valence-corrected chi connectivity index (χ3v) is 5.44. The highest BCUT2D eigenvalue weighted by atomic mass is 15.3. The molecule has 1 N–H and O–H groups in total. The summed E-state index contributed by atoms with van der Waals surface area (Å²) in [5.74, 6) is 0. The van der Waals surface area contributed by atoms with Crippen molar-refractivity contribution in [3.8, 4) is 0 Å². The quantitative estimate of drug-likeness (QED) is 0.929. The van der Waals surface area contributed by atoms with Gasteiger partial charge in [0.05, 0.1) is 11.4 Å². The number of piperazine rings is 1. The van der Waals surface area contributed by atoms with Crippen molar-refractivity contribution in [1.29, 1.82) is 0 Å². The predicted octanol–water partition coefficient (Wildman–Crippen LogP) is 2.71. The molecule has 2 aliphatic rings. The van der Waals surface area contributed by atoms with Crippen molar-refractivity contribution in [1.82, 2.24) is 20.0 Å². The Balaban J connectivity index is 1.80. The third kappa shape index (κ3) is 2.88. The maximum absolute atomic E-state index is 4.61. The molecule has 1 spiro atoms. The minimum absolute atomic E-state index is 0.213. The molecule has 4 heteroatoms. The van der Waals surface area contributed by atoms with Gasteiger partial charge in [-0.15, -0.1) is 0 Å². The van der Waals surface area contributed by atoms with Gasteiger partial charge in [0.15, 0.2) is 0 Å². The van der Waals surface area contributed by atoms with Gasteiger partial charge in [-0.1, -0.05) is 12.8 Å². The summed E-state index contributed by atoms with van der Waals surface area (Å²) in [6.07, 6.45) is 5.44. The molecule has 0 atom stereocenters. The second-order valence-electron chi connectivity index (χ2n) is 7.60. The van der Waals surface area contributed by atoms with Crippen LogP contribution in [0.2, 0.25) is 0 Å². The van der Waals surface area contributed by atoms with Crippen LogP contribution in [0.15, 0.2) is 6.07 Å². The van der Waals surface area contributed by atoms with Gasteiger partial charge >= 0.3 is 0 Å². The van der Waals surface area contributed by atoms with E-state index < -0.39 is 0 Å². The first-order valence-corrected chi connectivity index (χ1v) is 8.48. The van der Waals surface area contributed by atoms with E-state index in [0.29, 0.717) is 5.54 Å². The molecule has 1 saturated heterocycles. The van der Waals surface area contributed by atoms with Gasteiger partial charge in [-0.05, 0) is 46.6 Å². The van der Waals surface area contributed by atoms with Gasteiger partial charge in [0.25, 0.3) is 0 Å². The summed E-state index contributed by atoms with van der Waals surface area (Å²) in [7, 11) is 0. The molecule has 21 heavy (non-hydrogen) atoms. The van der Waals surface area contributed by atoms with Crippen LogP contribution in [-0.2, 0) is 13.1 Å². The van der Waals surface area contributed by atoms with Crippen LogP contribution >= 0.6 is 0 Å². The van der Waals surface area contributed by atoms with Crippen LogP contribution in [-0.4, -0.2) is 38.8 Å². The van der Waals surface area contributed by atoms with Gasteiger partial charge in [-0.25, -0.2) is 0 Å². The van der Waals surface area contributed by atoms with Crippen molar-refractivity contribution in [3.63, 3.8) is 0 Å². The first-order valence-electron chi connectivity index (χ1n) is 8.48. The molecule has 0 aromatic carbocycles. The zero-order valence-electron chi connectivity index (χ0n) is 14.1. The normalized spacial score (nSPS) is 24.8. The summed E-state index contributed by atoms with van der Waals surface area (Å²) in [6.45, 7) is 13.2. The van der Waals surface area contributed by atoms with E-state index in [1.807, 2.05) is 0 Å². The van der Waals surface area contributed by atoms with Crippen LogP contribution in [0.5, 0.6) is 0 Å². The molecule has 1 aromatic heterocycles. The highest BCUT2D eigenvalue weighted by Crippen LogP contribution is 2.36. The lowest BCUT2D eigenvalue weighted by Gasteiger charge is -2.51. The zero-order valence-corrected chi connectivity index (χ0v) is 14.1. The molecule has 118 valence electrons. The summed E-state index contributed by atoms with van der Waals surface area (Å²) >= 11 is 0. The fourth-order valence-corrected chi connectivity index (χ4v) is 4.00. The summed E-state index contributed by atoms with van der Waals surface area (Å²) in [5.41, 5.74) is 3.08. The van der Waals surface area contributed by atoms with E-state index in [0.717, 1.165) is 25.3 Å². The molecule has 0 unspecified atom stereocenters. The minimum atomic E-state index is 0.213. The van der Waals surface area contributed by atoms with Crippen molar-refractivity contribution in [2.75, 3.05) is 13.1 Å². The molecular weight excluding hydrogens is 260 g/mol. The van der Waals surface area contributed by atoms with Gasteiger partial charge in [0, 0.05) is 37.3 Å². The summed E-state index contributed by atoms with van der Waals surface area (Å²) in [5, 5.41) is 8.48. The Morgan fingerprint density at radius 1 is 1.29 bits per heavy atom. The van der Waals surface area contributed by atoms with E-state index in [1.165, 1.54) is 37.9 Å². The molecular formula is C17H30N4. The smallest absolute Gasteiger partial charge is 0.0597 e. The van der Waals surface area contributed by atoms with Crippen molar-refractivity contribution in [2.45, 2.75) is 77.5 Å². The lowest BCUT2D eigenvalue weighted by Crippen LogP contribution is -2.67. The fourth-order valence-electron chi connectivity index (χ4n) is 4.00. The number of nitrogens with zero attached hydrogens (tertiary/aromatic N) is 3. The molecule has 1 saturated carbocycles. The van der Waals surface area contributed by atoms with Crippen LogP contribution in [0.1, 0.15) is 57.8 Å². The minimum Gasteiger partial charge on any atom is -0.308 e. The van der Waals surface area contributed by atoms with Crippen molar-refractivity contribution in [3.05, 3.63) is 17.5 Å². The highest BCUT2D eigenvalue weighted by Gasteiger charge is 2.44. The van der Waals surface area contributed by atoms with E-state index >= 15 is 0 Å². The molecule has 1 aliphatic heterocycles. The Hall–Kier alpha value is -0.870. The van der Waals surface area contributed by atoms with E-state index in [-0.39, 0.29) is 5.54 Å². The number of nitrogens with one attached hydrogen (secondary N) is 1. The van der Waals surface area contributed by atoms with E-state index in [4.69, 9.17) is 0 Å². The van der Waals surface area contributed by atoms with Crippen molar-refractivity contribution < 1.29 is 0 Å². The monoisotopic (exact) mass is 290 g/mol. The average molecular weight is 290 g/mol. The number of rotatable bonds is 3. The van der Waals surface area contributed by atoms with Crippen molar-refractivity contribution in [2.24, 2.45) is 0 Å². The van der Waals surface area contributed by atoms with Crippen LogP contribution in [0.4, 0.5) is 0 Å². The highest BCUT2D eigenvalue weighted by molar-refractivity contribution is 5.12. The van der Waals surface area contributed by atoms with Gasteiger partial charge in [-0.2, -0.15) is 5.10 Å². The molecule has 1 aliphatic carbocycles. The molecule has 3 rings (SSSR count). The predicted molar refractivity (Wildman–Crippen MR) is 86.3 cm³/mol. The standard InChI is InChI=1S/C17H30N4/c1-5-21-15(10-14(2)19-21)11-20-13-17(8-6-7-9-17)18-12-16(20,3)4/h10,18H,5-9,11-13H2,1-4H3. The first-order chi connectivity index (χ1) is 9.94. The average Bonchev–Trinajstić information content (AvgIpc) is 3.02. The first kappa shape index (κ1) is 15.0. The van der Waals surface area contributed by atoms with Gasteiger partial charge < -0.3 is 5.32 Å². The summed E-state index contributed by atoms with van der Waals surface area (Å²) in [6, 6.07) is 2.25. The largest absolute Gasteiger partial charge is 0.308 e. The number of hydrogen-bond acceptors (Lipinski definition) is 3. The number of aromatic nitrogens is 2. The Morgan fingerprint density at radius 2 is 2.00 bits per heavy atom. The Labute approximate surface area is 128 Å². The fraction of sp³-hybridized carbons (Fsp3) is 0.824. The molecule has 0 amide bonds. The summed E-state index contributed by atoms with van der Waals surface area (Å²) < 4.78 is 2.16. The second-order valence-corrected chi connectivity index (χ2v) is 7.60. The Bertz CT molecular complexity index is 497. The second kappa shape index (κ2) is 5.40. The maximum atomic E-state index is 4.61. The molecule has 2 heterocycles. The lowest BCUT2D eigenvalue weighted by atomic mass is 9.87. The third-order valence-electron chi connectivity index (χ3n) is 5.44. The number of hydrogen-bond donors (Lipinski definition) is 1. The van der Waals surface area contributed by atoms with Crippen LogP contribution < -0.4 is 5.32 Å². The molecule has 2 fully saturated rings. The Kier molecular flexibility index (Phi) is 3.87. The van der Waals surface area contributed by atoms with E-state index in [1.54, 1.807) is 0 Å². The zero-order chi connectivity index (χ0) is 15.1. The van der Waals surface area contributed by atoms with Gasteiger partial charge in [-0.3, -0.25) is 9.58 Å². The van der Waals surface area contributed by atoms with Gasteiger partial charge in [0.1, 0.15) is 0 Å². The van der Waals surface area contributed by atoms with E-state index in [9.17, 15) is 0 Å². The Morgan fingerprint density at radius 3 is 2.67 bits per heavy atom. The molecule has 1 aromatic rings. The molecule has 4 nitrogen and oxygen atoms in total.